The number of hydrogen-bond acceptors (Lipinski definition) is 4. The van der Waals surface area contributed by atoms with E-state index in [-0.39, 0.29) is 12.4 Å². The SMILES string of the molecule is COc1ccc(CNCc2cccc3c2NCC3)cc1OC.Cl. The average molecular weight is 335 g/mol. The van der Waals surface area contributed by atoms with Crippen molar-refractivity contribution in [1.82, 2.24) is 5.32 Å². The summed E-state index contributed by atoms with van der Waals surface area (Å²) in [7, 11) is 3.31. The normalized spacial score (nSPS) is 12.1. The van der Waals surface area contributed by atoms with Crippen LogP contribution in [0.4, 0.5) is 5.69 Å². The van der Waals surface area contributed by atoms with Gasteiger partial charge < -0.3 is 20.1 Å². The number of halogens is 1. The van der Waals surface area contributed by atoms with Gasteiger partial charge in [-0.1, -0.05) is 24.3 Å². The quantitative estimate of drug-likeness (QED) is 0.850. The van der Waals surface area contributed by atoms with Gasteiger partial charge in [0.05, 0.1) is 14.2 Å². The minimum absolute atomic E-state index is 0. The summed E-state index contributed by atoms with van der Waals surface area (Å²) in [5, 5.41) is 6.97. The third kappa shape index (κ3) is 3.89. The molecule has 0 atom stereocenters. The highest BCUT2D eigenvalue weighted by molar-refractivity contribution is 5.85. The number of benzene rings is 2. The predicted molar refractivity (Wildman–Crippen MR) is 96.0 cm³/mol. The van der Waals surface area contributed by atoms with Crippen LogP contribution in [0.5, 0.6) is 11.5 Å². The van der Waals surface area contributed by atoms with Gasteiger partial charge in [-0.05, 0) is 35.2 Å². The molecule has 3 rings (SSSR count). The maximum Gasteiger partial charge on any atom is 0.161 e. The summed E-state index contributed by atoms with van der Waals surface area (Å²) in [6.45, 7) is 2.69. The summed E-state index contributed by atoms with van der Waals surface area (Å²) in [6, 6.07) is 12.5. The Kier molecular flexibility index (Phi) is 6.13. The lowest BCUT2D eigenvalue weighted by Gasteiger charge is -2.12. The van der Waals surface area contributed by atoms with Crippen LogP contribution in [0.2, 0.25) is 0 Å². The van der Waals surface area contributed by atoms with Crippen molar-refractivity contribution in [3.8, 4) is 11.5 Å². The molecule has 1 heterocycles. The van der Waals surface area contributed by atoms with E-state index in [0.29, 0.717) is 0 Å². The highest BCUT2D eigenvalue weighted by atomic mass is 35.5. The molecule has 0 unspecified atom stereocenters. The van der Waals surface area contributed by atoms with Crippen molar-refractivity contribution < 1.29 is 9.47 Å². The molecule has 23 heavy (non-hydrogen) atoms. The molecule has 0 saturated heterocycles. The molecule has 0 saturated carbocycles. The fraction of sp³-hybridized carbons (Fsp3) is 0.333. The van der Waals surface area contributed by atoms with Crippen LogP contribution in [0.3, 0.4) is 0 Å². The Balaban J connectivity index is 0.00000192. The van der Waals surface area contributed by atoms with E-state index in [1.165, 1.54) is 22.4 Å². The number of rotatable bonds is 6. The van der Waals surface area contributed by atoms with E-state index >= 15 is 0 Å². The molecule has 2 N–H and O–H groups in total. The minimum atomic E-state index is 0. The molecule has 4 nitrogen and oxygen atoms in total. The van der Waals surface area contributed by atoms with Crippen LogP contribution in [-0.2, 0) is 19.5 Å². The molecule has 124 valence electrons. The van der Waals surface area contributed by atoms with Gasteiger partial charge >= 0.3 is 0 Å². The molecule has 2 aromatic rings. The highest BCUT2D eigenvalue weighted by Crippen LogP contribution is 2.28. The number of fused-ring (bicyclic) bond motifs is 1. The highest BCUT2D eigenvalue weighted by Gasteiger charge is 2.13. The molecule has 0 aliphatic carbocycles. The third-order valence-corrected chi connectivity index (χ3v) is 4.03. The van der Waals surface area contributed by atoms with Crippen molar-refractivity contribution >= 4 is 18.1 Å². The minimum Gasteiger partial charge on any atom is -0.493 e. The number of hydrogen-bond donors (Lipinski definition) is 2. The smallest absolute Gasteiger partial charge is 0.161 e. The lowest BCUT2D eigenvalue weighted by molar-refractivity contribution is 0.354. The van der Waals surface area contributed by atoms with Gasteiger partial charge in [0.15, 0.2) is 11.5 Å². The molecule has 0 amide bonds. The molecule has 0 bridgehead atoms. The zero-order chi connectivity index (χ0) is 15.4. The molecular weight excluding hydrogens is 312 g/mol. The fourth-order valence-electron chi connectivity index (χ4n) is 2.89. The Morgan fingerprint density at radius 2 is 1.87 bits per heavy atom. The lowest BCUT2D eigenvalue weighted by atomic mass is 10.1. The Morgan fingerprint density at radius 1 is 1.04 bits per heavy atom. The Morgan fingerprint density at radius 3 is 2.65 bits per heavy atom. The number of ether oxygens (including phenoxy) is 2. The van der Waals surface area contributed by atoms with E-state index in [2.05, 4.69) is 34.9 Å². The van der Waals surface area contributed by atoms with Gasteiger partial charge in [0, 0.05) is 25.3 Å². The summed E-state index contributed by atoms with van der Waals surface area (Å²) >= 11 is 0. The molecule has 0 spiro atoms. The van der Waals surface area contributed by atoms with Crippen molar-refractivity contribution in [3.05, 3.63) is 53.1 Å². The second-order valence-electron chi connectivity index (χ2n) is 5.42. The van der Waals surface area contributed by atoms with E-state index < -0.39 is 0 Å². The Hall–Kier alpha value is -1.91. The third-order valence-electron chi connectivity index (χ3n) is 4.03. The predicted octanol–water partition coefficient (Wildman–Crippen LogP) is 3.38. The summed E-state index contributed by atoms with van der Waals surface area (Å²) in [5.41, 5.74) is 5.24. The van der Waals surface area contributed by atoms with Crippen molar-refractivity contribution in [2.45, 2.75) is 19.5 Å². The maximum absolute atomic E-state index is 5.34. The zero-order valence-electron chi connectivity index (χ0n) is 13.5. The van der Waals surface area contributed by atoms with Crippen molar-refractivity contribution in [2.75, 3.05) is 26.1 Å². The Labute approximate surface area is 143 Å². The summed E-state index contributed by atoms with van der Waals surface area (Å²) in [4.78, 5) is 0. The van der Waals surface area contributed by atoms with Crippen LogP contribution in [-0.4, -0.2) is 20.8 Å². The molecule has 1 aliphatic heterocycles. The zero-order valence-corrected chi connectivity index (χ0v) is 14.3. The maximum atomic E-state index is 5.34. The van der Waals surface area contributed by atoms with E-state index in [1.807, 2.05) is 12.1 Å². The van der Waals surface area contributed by atoms with Crippen LogP contribution in [0.25, 0.3) is 0 Å². The van der Waals surface area contributed by atoms with E-state index in [4.69, 9.17) is 9.47 Å². The number of para-hydroxylation sites is 1. The lowest BCUT2D eigenvalue weighted by Crippen LogP contribution is -2.14. The summed E-state index contributed by atoms with van der Waals surface area (Å²) < 4.78 is 10.6. The number of nitrogens with one attached hydrogen (secondary N) is 2. The number of methoxy groups -OCH3 is 2. The second kappa shape index (κ2) is 8.09. The molecule has 5 heteroatoms. The number of anilines is 1. The average Bonchev–Trinajstić information content (AvgIpc) is 3.04. The van der Waals surface area contributed by atoms with Gasteiger partial charge in [-0.2, -0.15) is 0 Å². The second-order valence-corrected chi connectivity index (χ2v) is 5.42. The molecule has 0 aromatic heterocycles. The van der Waals surface area contributed by atoms with Gasteiger partial charge in [0.25, 0.3) is 0 Å². The van der Waals surface area contributed by atoms with Gasteiger partial charge in [0.1, 0.15) is 0 Å². The first kappa shape index (κ1) is 17.4. The molecule has 1 aliphatic rings. The Bertz CT molecular complexity index is 661. The van der Waals surface area contributed by atoms with Crippen LogP contribution in [0, 0.1) is 0 Å². The molecule has 2 aromatic carbocycles. The van der Waals surface area contributed by atoms with E-state index in [9.17, 15) is 0 Å². The molecule has 0 radical (unpaired) electrons. The topological polar surface area (TPSA) is 42.5 Å². The first-order chi connectivity index (χ1) is 10.8. The van der Waals surface area contributed by atoms with Gasteiger partial charge in [-0.25, -0.2) is 0 Å². The van der Waals surface area contributed by atoms with Crippen molar-refractivity contribution in [2.24, 2.45) is 0 Å². The van der Waals surface area contributed by atoms with Gasteiger partial charge in [-0.3, -0.25) is 0 Å². The van der Waals surface area contributed by atoms with Crippen LogP contribution in [0.1, 0.15) is 16.7 Å². The van der Waals surface area contributed by atoms with Gasteiger partial charge in [-0.15, -0.1) is 12.4 Å². The molecule has 0 fully saturated rings. The monoisotopic (exact) mass is 334 g/mol. The van der Waals surface area contributed by atoms with E-state index in [1.54, 1.807) is 14.2 Å². The van der Waals surface area contributed by atoms with Crippen molar-refractivity contribution in [1.29, 1.82) is 0 Å². The fourth-order valence-corrected chi connectivity index (χ4v) is 2.89. The van der Waals surface area contributed by atoms with Crippen LogP contribution < -0.4 is 20.1 Å². The summed E-state index contributed by atoms with van der Waals surface area (Å²) in [5.74, 6) is 1.53. The van der Waals surface area contributed by atoms with E-state index in [0.717, 1.165) is 37.6 Å². The van der Waals surface area contributed by atoms with Crippen LogP contribution in [0.15, 0.2) is 36.4 Å². The first-order valence-corrected chi connectivity index (χ1v) is 7.58. The first-order valence-electron chi connectivity index (χ1n) is 7.58. The van der Waals surface area contributed by atoms with Crippen molar-refractivity contribution in [3.63, 3.8) is 0 Å². The molecular formula is C18H23ClN2O2. The van der Waals surface area contributed by atoms with Crippen LogP contribution >= 0.6 is 12.4 Å². The van der Waals surface area contributed by atoms with Gasteiger partial charge in [0.2, 0.25) is 0 Å². The summed E-state index contributed by atoms with van der Waals surface area (Å²) in [6.07, 6.45) is 1.12. The standard InChI is InChI=1S/C18H22N2O2.ClH/c1-21-16-7-6-13(10-17(16)22-2)11-19-12-15-5-3-4-14-8-9-20-18(14)15;/h3-7,10,19-20H,8-9,11-12H2,1-2H3;1H. The largest absolute Gasteiger partial charge is 0.493 e.